The lowest BCUT2D eigenvalue weighted by Crippen LogP contribution is -2.29. The van der Waals surface area contributed by atoms with Crippen molar-refractivity contribution in [1.82, 2.24) is 0 Å². The van der Waals surface area contributed by atoms with E-state index in [0.717, 1.165) is 29.9 Å². The van der Waals surface area contributed by atoms with Gasteiger partial charge < -0.3 is 15.1 Å². The lowest BCUT2D eigenvalue weighted by atomic mass is 10.1. The van der Waals surface area contributed by atoms with Crippen molar-refractivity contribution in [3.63, 3.8) is 0 Å². The summed E-state index contributed by atoms with van der Waals surface area (Å²) in [5, 5.41) is 2.96. The van der Waals surface area contributed by atoms with Gasteiger partial charge in [-0.05, 0) is 68.1 Å². The quantitative estimate of drug-likeness (QED) is 0.850. The summed E-state index contributed by atoms with van der Waals surface area (Å²) in [5.74, 6) is -1.37. The molecular weight excluding hydrogens is 369 g/mol. The van der Waals surface area contributed by atoms with E-state index in [4.69, 9.17) is 0 Å². The fraction of sp³-hybridized carbons (Fsp3) is 0.391. The van der Waals surface area contributed by atoms with E-state index in [1.165, 1.54) is 29.5 Å². The highest BCUT2D eigenvalue weighted by molar-refractivity contribution is 6.03. The number of nitrogens with one attached hydrogen (secondary N) is 1. The molecule has 1 unspecified atom stereocenters. The van der Waals surface area contributed by atoms with Crippen LogP contribution in [0, 0.1) is 25.6 Å². The van der Waals surface area contributed by atoms with E-state index in [0.29, 0.717) is 0 Å². The number of hydrogen-bond acceptors (Lipinski definition) is 3. The molecule has 2 aliphatic heterocycles. The Morgan fingerprint density at radius 2 is 1.86 bits per heavy atom. The molecule has 0 saturated carbocycles. The molecule has 152 valence electrons. The Morgan fingerprint density at radius 1 is 1.10 bits per heavy atom. The monoisotopic (exact) mass is 395 g/mol. The van der Waals surface area contributed by atoms with Gasteiger partial charge in [0, 0.05) is 37.4 Å². The van der Waals surface area contributed by atoms with Gasteiger partial charge in [-0.1, -0.05) is 6.07 Å². The predicted molar refractivity (Wildman–Crippen MR) is 113 cm³/mol. The van der Waals surface area contributed by atoms with Crippen molar-refractivity contribution in [2.45, 2.75) is 33.1 Å². The average Bonchev–Trinajstić information content (AvgIpc) is 3.34. The molecule has 1 N–H and O–H groups in total. The standard InChI is InChI=1S/C23H26FN3O2/c1-15-5-8-21(19(24)11-15)27-14-17(13-22(27)28)23(29)25-20-7-6-18(12-16(20)2)26-9-3-4-10-26/h5-8,11-12,17H,3-4,9-10,13-14H2,1-2H3,(H,25,29). The molecule has 2 aromatic rings. The summed E-state index contributed by atoms with van der Waals surface area (Å²) >= 11 is 0. The van der Waals surface area contributed by atoms with Gasteiger partial charge >= 0.3 is 0 Å². The van der Waals surface area contributed by atoms with Crippen LogP contribution in [0.1, 0.15) is 30.4 Å². The molecule has 2 saturated heterocycles. The molecule has 2 aromatic carbocycles. The zero-order chi connectivity index (χ0) is 20.5. The van der Waals surface area contributed by atoms with E-state index in [9.17, 15) is 14.0 Å². The molecule has 29 heavy (non-hydrogen) atoms. The fourth-order valence-electron chi connectivity index (χ4n) is 4.14. The van der Waals surface area contributed by atoms with Crippen LogP contribution in [0.15, 0.2) is 36.4 Å². The fourth-order valence-corrected chi connectivity index (χ4v) is 4.14. The van der Waals surface area contributed by atoms with Crippen molar-refractivity contribution < 1.29 is 14.0 Å². The smallest absolute Gasteiger partial charge is 0.229 e. The maximum absolute atomic E-state index is 14.3. The molecule has 0 bridgehead atoms. The Labute approximate surface area is 170 Å². The maximum Gasteiger partial charge on any atom is 0.229 e. The Hall–Kier alpha value is -2.89. The Kier molecular flexibility index (Phi) is 5.26. The number of rotatable bonds is 4. The van der Waals surface area contributed by atoms with Crippen molar-refractivity contribution in [2.24, 2.45) is 5.92 Å². The number of benzene rings is 2. The van der Waals surface area contributed by atoms with Crippen molar-refractivity contribution in [3.8, 4) is 0 Å². The second-order valence-electron chi connectivity index (χ2n) is 8.04. The number of carbonyl (C=O) groups excluding carboxylic acids is 2. The minimum absolute atomic E-state index is 0.0874. The van der Waals surface area contributed by atoms with Gasteiger partial charge in [-0.2, -0.15) is 0 Å². The molecule has 0 radical (unpaired) electrons. The van der Waals surface area contributed by atoms with E-state index in [2.05, 4.69) is 16.3 Å². The minimum Gasteiger partial charge on any atom is -0.372 e. The molecule has 0 aliphatic carbocycles. The summed E-state index contributed by atoms with van der Waals surface area (Å²) in [4.78, 5) is 28.9. The normalized spacial score (nSPS) is 19.1. The topological polar surface area (TPSA) is 52.7 Å². The van der Waals surface area contributed by atoms with E-state index < -0.39 is 11.7 Å². The maximum atomic E-state index is 14.3. The molecule has 2 fully saturated rings. The summed E-state index contributed by atoms with van der Waals surface area (Å²) in [6.07, 6.45) is 2.51. The number of carbonyl (C=O) groups is 2. The van der Waals surface area contributed by atoms with E-state index in [1.54, 1.807) is 19.1 Å². The Balaban J connectivity index is 1.44. The molecular formula is C23H26FN3O2. The molecule has 0 spiro atoms. The van der Waals surface area contributed by atoms with Crippen LogP contribution in [-0.4, -0.2) is 31.4 Å². The van der Waals surface area contributed by atoms with Crippen molar-refractivity contribution in [3.05, 3.63) is 53.3 Å². The molecule has 6 heteroatoms. The van der Waals surface area contributed by atoms with Crippen LogP contribution in [0.25, 0.3) is 0 Å². The number of anilines is 3. The first-order valence-electron chi connectivity index (χ1n) is 10.2. The lowest BCUT2D eigenvalue weighted by molar-refractivity contribution is -0.122. The SMILES string of the molecule is Cc1ccc(N2CC(C(=O)Nc3ccc(N4CCCC4)cc3C)CC2=O)c(F)c1. The second kappa shape index (κ2) is 7.85. The third kappa shape index (κ3) is 3.97. The summed E-state index contributed by atoms with van der Waals surface area (Å²) in [5.41, 5.74) is 3.95. The van der Waals surface area contributed by atoms with Gasteiger partial charge in [0.25, 0.3) is 0 Å². The third-order valence-corrected chi connectivity index (χ3v) is 5.83. The molecule has 2 heterocycles. The van der Waals surface area contributed by atoms with Gasteiger partial charge in [-0.3, -0.25) is 9.59 Å². The van der Waals surface area contributed by atoms with Crippen molar-refractivity contribution in [2.75, 3.05) is 34.8 Å². The van der Waals surface area contributed by atoms with Gasteiger partial charge in [0.1, 0.15) is 5.82 Å². The van der Waals surface area contributed by atoms with Gasteiger partial charge in [-0.25, -0.2) is 4.39 Å². The number of halogens is 1. The van der Waals surface area contributed by atoms with E-state index in [-0.39, 0.29) is 30.5 Å². The minimum atomic E-state index is -0.499. The highest BCUT2D eigenvalue weighted by Crippen LogP contribution is 2.30. The number of amides is 2. The molecule has 2 aliphatic rings. The largest absolute Gasteiger partial charge is 0.372 e. The summed E-state index contributed by atoms with van der Waals surface area (Å²) in [7, 11) is 0. The van der Waals surface area contributed by atoms with E-state index in [1.807, 2.05) is 19.1 Å². The Morgan fingerprint density at radius 3 is 2.55 bits per heavy atom. The highest BCUT2D eigenvalue weighted by atomic mass is 19.1. The summed E-state index contributed by atoms with van der Waals surface area (Å²) in [6.45, 7) is 6.10. The molecule has 4 rings (SSSR count). The van der Waals surface area contributed by atoms with Crippen LogP contribution in [0.5, 0.6) is 0 Å². The highest BCUT2D eigenvalue weighted by Gasteiger charge is 2.36. The Bertz CT molecular complexity index is 953. The first kappa shape index (κ1) is 19.4. The first-order chi connectivity index (χ1) is 13.9. The number of aryl methyl sites for hydroxylation is 2. The van der Waals surface area contributed by atoms with Gasteiger partial charge in [-0.15, -0.1) is 0 Å². The van der Waals surface area contributed by atoms with Crippen LogP contribution in [0.2, 0.25) is 0 Å². The van der Waals surface area contributed by atoms with Crippen LogP contribution in [0.3, 0.4) is 0 Å². The van der Waals surface area contributed by atoms with Crippen molar-refractivity contribution in [1.29, 1.82) is 0 Å². The first-order valence-corrected chi connectivity index (χ1v) is 10.2. The molecule has 5 nitrogen and oxygen atoms in total. The lowest BCUT2D eigenvalue weighted by Gasteiger charge is -2.20. The molecule has 0 aromatic heterocycles. The zero-order valence-electron chi connectivity index (χ0n) is 16.9. The van der Waals surface area contributed by atoms with Crippen LogP contribution >= 0.6 is 0 Å². The number of nitrogens with zero attached hydrogens (tertiary/aromatic N) is 2. The van der Waals surface area contributed by atoms with Crippen LogP contribution < -0.4 is 15.1 Å². The van der Waals surface area contributed by atoms with Gasteiger partial charge in [0.05, 0.1) is 11.6 Å². The van der Waals surface area contributed by atoms with Crippen LogP contribution in [0.4, 0.5) is 21.5 Å². The molecule has 2 amide bonds. The zero-order valence-corrected chi connectivity index (χ0v) is 16.9. The number of hydrogen-bond donors (Lipinski definition) is 1. The average molecular weight is 395 g/mol. The van der Waals surface area contributed by atoms with Crippen molar-refractivity contribution >= 4 is 28.9 Å². The summed E-state index contributed by atoms with van der Waals surface area (Å²) in [6, 6.07) is 10.8. The van der Waals surface area contributed by atoms with Gasteiger partial charge in [0.2, 0.25) is 11.8 Å². The third-order valence-electron chi connectivity index (χ3n) is 5.83. The molecule has 1 atom stereocenters. The second-order valence-corrected chi connectivity index (χ2v) is 8.04. The van der Waals surface area contributed by atoms with Crippen LogP contribution in [-0.2, 0) is 9.59 Å². The van der Waals surface area contributed by atoms with E-state index >= 15 is 0 Å². The predicted octanol–water partition coefficient (Wildman–Crippen LogP) is 4.03. The summed E-state index contributed by atoms with van der Waals surface area (Å²) < 4.78 is 14.3. The van der Waals surface area contributed by atoms with Gasteiger partial charge in [0.15, 0.2) is 0 Å².